The highest BCUT2D eigenvalue weighted by Crippen LogP contribution is 2.16. The molecular formula is C10H10N2. The molecular weight excluding hydrogens is 148 g/mol. The molecule has 0 saturated heterocycles. The van der Waals surface area contributed by atoms with E-state index in [0.717, 1.165) is 11.2 Å². The number of rotatable bonds is 1. The molecule has 0 N–H and O–H groups in total. The van der Waals surface area contributed by atoms with Gasteiger partial charge in [-0.25, -0.2) is 4.68 Å². The normalized spacial score (nSPS) is 10.4. The van der Waals surface area contributed by atoms with E-state index in [1.54, 1.807) is 10.9 Å². The van der Waals surface area contributed by atoms with Crippen LogP contribution in [0.25, 0.3) is 17.1 Å². The Kier molecular flexibility index (Phi) is 1.47. The van der Waals surface area contributed by atoms with E-state index in [9.17, 15) is 0 Å². The molecule has 1 aromatic heterocycles. The smallest absolute Gasteiger partial charge is 0.0736 e. The van der Waals surface area contributed by atoms with Gasteiger partial charge in [-0.2, -0.15) is 5.10 Å². The van der Waals surface area contributed by atoms with Gasteiger partial charge in [-0.15, -0.1) is 0 Å². The van der Waals surface area contributed by atoms with Crippen molar-refractivity contribution >= 4 is 17.1 Å². The molecule has 2 nitrogen and oxygen atoms in total. The van der Waals surface area contributed by atoms with E-state index in [0.29, 0.717) is 0 Å². The summed E-state index contributed by atoms with van der Waals surface area (Å²) >= 11 is 0. The van der Waals surface area contributed by atoms with E-state index >= 15 is 0 Å². The van der Waals surface area contributed by atoms with Crippen LogP contribution in [0.15, 0.2) is 30.8 Å². The number of fused-ring (bicyclic) bond motifs is 1. The lowest BCUT2D eigenvalue weighted by Crippen LogP contribution is -1.86. The Balaban J connectivity index is 2.91. The van der Waals surface area contributed by atoms with Gasteiger partial charge in [0.15, 0.2) is 0 Å². The van der Waals surface area contributed by atoms with Gasteiger partial charge in [-0.05, 0) is 13.0 Å². The maximum Gasteiger partial charge on any atom is 0.0736 e. The van der Waals surface area contributed by atoms with Gasteiger partial charge in [-0.3, -0.25) is 0 Å². The van der Waals surface area contributed by atoms with Crippen molar-refractivity contribution in [2.24, 2.45) is 0 Å². The van der Waals surface area contributed by atoms with Crippen molar-refractivity contribution in [1.82, 2.24) is 9.78 Å². The molecule has 0 fully saturated rings. The maximum atomic E-state index is 4.31. The first-order valence-corrected chi connectivity index (χ1v) is 3.89. The lowest BCUT2D eigenvalue weighted by molar-refractivity contribution is 0.940. The molecule has 0 saturated carbocycles. The predicted octanol–water partition coefficient (Wildman–Crippen LogP) is 2.45. The molecule has 0 aliphatic heterocycles. The minimum atomic E-state index is 1.05. The second-order valence-electron chi connectivity index (χ2n) is 2.73. The fourth-order valence-corrected chi connectivity index (χ4v) is 1.39. The molecule has 2 rings (SSSR count). The molecule has 2 aromatic rings. The maximum absolute atomic E-state index is 4.31. The summed E-state index contributed by atoms with van der Waals surface area (Å²) in [5.41, 5.74) is 2.16. The van der Waals surface area contributed by atoms with Gasteiger partial charge in [0.05, 0.1) is 11.2 Å². The molecule has 0 atom stereocenters. The van der Waals surface area contributed by atoms with Crippen LogP contribution < -0.4 is 0 Å². The van der Waals surface area contributed by atoms with E-state index in [2.05, 4.69) is 17.7 Å². The number of nitrogens with zero attached hydrogens (tertiary/aromatic N) is 2. The molecule has 0 spiro atoms. The van der Waals surface area contributed by atoms with Crippen LogP contribution in [0, 0.1) is 6.92 Å². The van der Waals surface area contributed by atoms with Crippen LogP contribution in [0.3, 0.4) is 0 Å². The van der Waals surface area contributed by atoms with Gasteiger partial charge >= 0.3 is 0 Å². The largest absolute Gasteiger partial charge is 0.241 e. The fraction of sp³-hybridized carbons (Fsp3) is 0.100. The zero-order valence-corrected chi connectivity index (χ0v) is 6.99. The average Bonchev–Trinajstić information content (AvgIpc) is 2.44. The van der Waals surface area contributed by atoms with E-state index in [-0.39, 0.29) is 0 Å². The number of hydrogen-bond acceptors (Lipinski definition) is 1. The summed E-state index contributed by atoms with van der Waals surface area (Å²) < 4.78 is 1.80. The zero-order valence-electron chi connectivity index (χ0n) is 6.99. The van der Waals surface area contributed by atoms with Crippen molar-refractivity contribution in [2.75, 3.05) is 0 Å². The third-order valence-electron chi connectivity index (χ3n) is 1.97. The van der Waals surface area contributed by atoms with Crippen molar-refractivity contribution in [3.05, 3.63) is 36.5 Å². The first-order chi connectivity index (χ1) is 5.83. The molecule has 0 aliphatic rings. The summed E-state index contributed by atoms with van der Waals surface area (Å²) in [6.07, 6.45) is 1.72. The number of aromatic nitrogens is 2. The number of hydrogen-bond donors (Lipinski definition) is 0. The second-order valence-corrected chi connectivity index (χ2v) is 2.73. The third kappa shape index (κ3) is 0.848. The summed E-state index contributed by atoms with van der Waals surface area (Å²) in [6.45, 7) is 5.70. The minimum Gasteiger partial charge on any atom is -0.241 e. The molecule has 0 amide bonds. The molecule has 0 bridgehead atoms. The molecule has 0 aliphatic carbocycles. The van der Waals surface area contributed by atoms with Gasteiger partial charge in [0.25, 0.3) is 0 Å². The van der Waals surface area contributed by atoms with Gasteiger partial charge in [0.1, 0.15) is 0 Å². The molecule has 12 heavy (non-hydrogen) atoms. The highest BCUT2D eigenvalue weighted by Gasteiger charge is 2.02. The van der Waals surface area contributed by atoms with E-state index in [1.807, 2.05) is 25.1 Å². The van der Waals surface area contributed by atoms with E-state index in [1.165, 1.54) is 5.39 Å². The van der Waals surface area contributed by atoms with Gasteiger partial charge < -0.3 is 0 Å². The van der Waals surface area contributed by atoms with Crippen LogP contribution in [-0.2, 0) is 0 Å². The van der Waals surface area contributed by atoms with Crippen molar-refractivity contribution in [3.63, 3.8) is 0 Å². The summed E-state index contributed by atoms with van der Waals surface area (Å²) in [6, 6.07) is 8.13. The Morgan fingerprint density at radius 1 is 1.42 bits per heavy atom. The van der Waals surface area contributed by atoms with Crippen LogP contribution in [0.4, 0.5) is 0 Å². The lowest BCUT2D eigenvalue weighted by Gasteiger charge is -1.91. The average molecular weight is 158 g/mol. The standard InChI is InChI=1S/C10H10N2/c1-3-12-10-7-5-4-6-9(10)8(2)11-12/h3-7H,1H2,2H3. The molecule has 60 valence electrons. The third-order valence-corrected chi connectivity index (χ3v) is 1.97. The van der Waals surface area contributed by atoms with E-state index < -0.39 is 0 Å². The Morgan fingerprint density at radius 2 is 2.17 bits per heavy atom. The van der Waals surface area contributed by atoms with Crippen LogP contribution >= 0.6 is 0 Å². The second kappa shape index (κ2) is 2.48. The Bertz CT molecular complexity index is 426. The summed E-state index contributed by atoms with van der Waals surface area (Å²) in [5, 5.41) is 5.50. The van der Waals surface area contributed by atoms with Crippen molar-refractivity contribution in [2.45, 2.75) is 6.92 Å². The first-order valence-electron chi connectivity index (χ1n) is 3.89. The number of para-hydroxylation sites is 1. The first kappa shape index (κ1) is 7.10. The molecule has 0 unspecified atom stereocenters. The molecule has 0 radical (unpaired) electrons. The summed E-state index contributed by atoms with van der Waals surface area (Å²) in [7, 11) is 0. The fourth-order valence-electron chi connectivity index (χ4n) is 1.39. The SMILES string of the molecule is C=Cn1nc(C)c2ccccc21. The zero-order chi connectivity index (χ0) is 8.55. The van der Waals surface area contributed by atoms with Crippen molar-refractivity contribution in [1.29, 1.82) is 0 Å². The Hall–Kier alpha value is -1.57. The van der Waals surface area contributed by atoms with Crippen LogP contribution in [0.5, 0.6) is 0 Å². The lowest BCUT2D eigenvalue weighted by atomic mass is 10.2. The molecule has 1 aromatic carbocycles. The molecule has 1 heterocycles. The predicted molar refractivity (Wildman–Crippen MR) is 50.9 cm³/mol. The monoisotopic (exact) mass is 158 g/mol. The number of benzene rings is 1. The quantitative estimate of drug-likeness (QED) is 0.623. The van der Waals surface area contributed by atoms with E-state index in [4.69, 9.17) is 0 Å². The Morgan fingerprint density at radius 3 is 2.92 bits per heavy atom. The van der Waals surface area contributed by atoms with Crippen molar-refractivity contribution < 1.29 is 0 Å². The Labute approximate surface area is 71.1 Å². The van der Waals surface area contributed by atoms with Crippen LogP contribution in [0.2, 0.25) is 0 Å². The van der Waals surface area contributed by atoms with Crippen LogP contribution in [0.1, 0.15) is 5.69 Å². The summed E-state index contributed by atoms with van der Waals surface area (Å²) in [4.78, 5) is 0. The topological polar surface area (TPSA) is 17.8 Å². The summed E-state index contributed by atoms with van der Waals surface area (Å²) in [5.74, 6) is 0. The van der Waals surface area contributed by atoms with Gasteiger partial charge in [0, 0.05) is 11.6 Å². The number of aryl methyl sites for hydroxylation is 1. The van der Waals surface area contributed by atoms with Crippen molar-refractivity contribution in [3.8, 4) is 0 Å². The van der Waals surface area contributed by atoms with Gasteiger partial charge in [-0.1, -0.05) is 24.8 Å². The minimum absolute atomic E-state index is 1.05. The van der Waals surface area contributed by atoms with Crippen LogP contribution in [-0.4, -0.2) is 9.78 Å². The highest BCUT2D eigenvalue weighted by atomic mass is 15.3. The highest BCUT2D eigenvalue weighted by molar-refractivity contribution is 5.83. The van der Waals surface area contributed by atoms with Gasteiger partial charge in [0.2, 0.25) is 0 Å². The molecule has 2 heteroatoms.